The average Bonchev–Trinajstić information content (AvgIpc) is 3.18. The van der Waals surface area contributed by atoms with Crippen molar-refractivity contribution in [1.29, 1.82) is 0 Å². The maximum Gasteiger partial charge on any atom is 0.406 e. The second-order valence-electron chi connectivity index (χ2n) is 6.28. The van der Waals surface area contributed by atoms with Crippen molar-refractivity contribution in [2.45, 2.75) is 64.6 Å². The van der Waals surface area contributed by atoms with Gasteiger partial charge in [0.1, 0.15) is 0 Å². The Balaban J connectivity index is 1.92. The summed E-state index contributed by atoms with van der Waals surface area (Å²) in [6.45, 7) is 7.08. The Bertz CT molecular complexity index is 494. The first-order valence-electron chi connectivity index (χ1n) is 8.17. The van der Waals surface area contributed by atoms with Gasteiger partial charge in [0.25, 0.3) is 0 Å². The molecule has 1 aliphatic carbocycles. The molecule has 6 heteroatoms. The second-order valence-corrected chi connectivity index (χ2v) is 6.28. The van der Waals surface area contributed by atoms with Crippen molar-refractivity contribution >= 4 is 6.09 Å². The Morgan fingerprint density at radius 3 is 2.77 bits per heavy atom. The molecular formula is C16H28N4O2. The van der Waals surface area contributed by atoms with E-state index in [0.717, 1.165) is 18.5 Å². The fourth-order valence-electron chi connectivity index (χ4n) is 2.52. The van der Waals surface area contributed by atoms with Gasteiger partial charge < -0.3 is 15.4 Å². The van der Waals surface area contributed by atoms with E-state index in [9.17, 15) is 4.79 Å². The molecule has 1 saturated carbocycles. The van der Waals surface area contributed by atoms with Crippen LogP contribution in [-0.2, 0) is 11.2 Å². The number of alkyl carbamates (subject to hydrolysis) is 1. The molecule has 1 aliphatic rings. The minimum Gasteiger partial charge on any atom is -0.453 e. The Labute approximate surface area is 132 Å². The number of hydrogen-bond donors (Lipinski definition) is 2. The molecule has 22 heavy (non-hydrogen) atoms. The minimum atomic E-state index is -0.375. The van der Waals surface area contributed by atoms with Crippen LogP contribution in [0.2, 0.25) is 0 Å². The van der Waals surface area contributed by atoms with Crippen LogP contribution >= 0.6 is 0 Å². The fourth-order valence-corrected chi connectivity index (χ4v) is 2.52. The molecule has 1 atom stereocenters. The normalized spacial score (nSPS) is 15.9. The largest absolute Gasteiger partial charge is 0.453 e. The van der Waals surface area contributed by atoms with Crippen molar-refractivity contribution < 1.29 is 9.53 Å². The van der Waals surface area contributed by atoms with E-state index in [0.29, 0.717) is 24.7 Å². The zero-order valence-electron chi connectivity index (χ0n) is 14.1. The topological polar surface area (TPSA) is 68.2 Å². The van der Waals surface area contributed by atoms with E-state index in [1.165, 1.54) is 25.6 Å². The monoisotopic (exact) mass is 308 g/mol. The molecule has 2 N–H and O–H groups in total. The van der Waals surface area contributed by atoms with Crippen molar-refractivity contribution in [1.82, 2.24) is 20.4 Å². The lowest BCUT2D eigenvalue weighted by Crippen LogP contribution is -2.24. The molecule has 1 unspecified atom stereocenters. The average molecular weight is 308 g/mol. The molecule has 0 aromatic carbocycles. The van der Waals surface area contributed by atoms with E-state index in [1.807, 2.05) is 0 Å². The van der Waals surface area contributed by atoms with Gasteiger partial charge in [-0.1, -0.05) is 0 Å². The van der Waals surface area contributed by atoms with Crippen LogP contribution in [0, 0.1) is 0 Å². The first kappa shape index (κ1) is 16.8. The lowest BCUT2D eigenvalue weighted by molar-refractivity contribution is 0.171. The molecule has 1 aromatic heterocycles. The zero-order valence-corrected chi connectivity index (χ0v) is 14.1. The smallest absolute Gasteiger partial charge is 0.406 e. The van der Waals surface area contributed by atoms with Crippen LogP contribution in [0.4, 0.5) is 4.79 Å². The number of aromatic nitrogens is 2. The molecule has 1 aromatic rings. The quantitative estimate of drug-likeness (QED) is 0.724. The molecule has 1 amide bonds. The van der Waals surface area contributed by atoms with E-state index < -0.39 is 0 Å². The zero-order chi connectivity index (χ0) is 16.1. The molecule has 0 radical (unpaired) electrons. The molecule has 124 valence electrons. The van der Waals surface area contributed by atoms with Gasteiger partial charge >= 0.3 is 6.09 Å². The van der Waals surface area contributed by atoms with Gasteiger partial charge in [-0.3, -0.25) is 4.68 Å². The van der Waals surface area contributed by atoms with Gasteiger partial charge in [-0.25, -0.2) is 4.79 Å². The van der Waals surface area contributed by atoms with E-state index in [1.54, 1.807) is 0 Å². The van der Waals surface area contributed by atoms with Crippen molar-refractivity contribution in [3.05, 3.63) is 17.5 Å². The van der Waals surface area contributed by atoms with E-state index >= 15 is 0 Å². The van der Waals surface area contributed by atoms with E-state index in [4.69, 9.17) is 5.10 Å². The molecule has 6 nitrogen and oxygen atoms in total. The molecule has 1 fully saturated rings. The summed E-state index contributed by atoms with van der Waals surface area (Å²) in [5.41, 5.74) is 2.33. The van der Waals surface area contributed by atoms with Gasteiger partial charge in [0.2, 0.25) is 0 Å². The standard InChI is InChI=1S/C16H28N4O2/c1-11(2)20-14(6-5-9-17-16(21)22-4)10-15(19-20)12(3)18-13-7-8-13/h10-13,18H,5-9H2,1-4H3,(H,17,21). The van der Waals surface area contributed by atoms with Gasteiger partial charge in [-0.05, 0) is 52.5 Å². The SMILES string of the molecule is COC(=O)NCCCc1cc(C(C)NC2CC2)nn1C(C)C. The van der Waals surface area contributed by atoms with Crippen molar-refractivity contribution in [2.24, 2.45) is 0 Å². The highest BCUT2D eigenvalue weighted by Crippen LogP contribution is 2.24. The van der Waals surface area contributed by atoms with Crippen LogP contribution in [0.1, 0.15) is 63.5 Å². The number of carbonyl (C=O) groups excluding carboxylic acids is 1. The third-order valence-electron chi connectivity index (χ3n) is 3.89. The highest BCUT2D eigenvalue weighted by Gasteiger charge is 2.25. The Kier molecular flexibility index (Phi) is 5.83. The van der Waals surface area contributed by atoms with Crippen LogP contribution in [-0.4, -0.2) is 35.6 Å². The summed E-state index contributed by atoms with van der Waals surface area (Å²) in [7, 11) is 1.38. The van der Waals surface area contributed by atoms with E-state index in [2.05, 4.69) is 46.9 Å². The first-order chi connectivity index (χ1) is 10.5. The summed E-state index contributed by atoms with van der Waals surface area (Å²) in [6, 6.07) is 3.50. The molecule has 0 bridgehead atoms. The number of carbonyl (C=O) groups is 1. The van der Waals surface area contributed by atoms with Crippen molar-refractivity contribution in [3.63, 3.8) is 0 Å². The molecule has 1 heterocycles. The Hall–Kier alpha value is -1.56. The lowest BCUT2D eigenvalue weighted by Gasteiger charge is -2.12. The number of rotatable bonds is 8. The van der Waals surface area contributed by atoms with Gasteiger partial charge in [0, 0.05) is 30.4 Å². The molecule has 0 saturated heterocycles. The Morgan fingerprint density at radius 1 is 1.45 bits per heavy atom. The third kappa shape index (κ3) is 4.73. The predicted molar refractivity (Wildman–Crippen MR) is 85.9 cm³/mol. The summed E-state index contributed by atoms with van der Waals surface area (Å²) < 4.78 is 6.66. The maximum absolute atomic E-state index is 11.0. The molecule has 2 rings (SSSR count). The first-order valence-corrected chi connectivity index (χ1v) is 8.17. The second kappa shape index (κ2) is 7.63. The van der Waals surface area contributed by atoms with E-state index in [-0.39, 0.29) is 6.09 Å². The molecule has 0 aliphatic heterocycles. The number of aryl methyl sites for hydroxylation is 1. The van der Waals surface area contributed by atoms with Crippen molar-refractivity contribution in [3.8, 4) is 0 Å². The van der Waals surface area contributed by atoms with Gasteiger partial charge in [0.15, 0.2) is 0 Å². The molecular weight excluding hydrogens is 280 g/mol. The number of hydrogen-bond acceptors (Lipinski definition) is 4. The third-order valence-corrected chi connectivity index (χ3v) is 3.89. The van der Waals surface area contributed by atoms with Crippen LogP contribution in [0.3, 0.4) is 0 Å². The minimum absolute atomic E-state index is 0.291. The van der Waals surface area contributed by atoms with Crippen LogP contribution in [0.15, 0.2) is 6.07 Å². The van der Waals surface area contributed by atoms with Crippen LogP contribution in [0.5, 0.6) is 0 Å². The number of nitrogens with one attached hydrogen (secondary N) is 2. The maximum atomic E-state index is 11.0. The number of nitrogens with zero attached hydrogens (tertiary/aromatic N) is 2. The van der Waals surface area contributed by atoms with Crippen LogP contribution in [0.25, 0.3) is 0 Å². The summed E-state index contributed by atoms with van der Waals surface area (Å²) in [4.78, 5) is 11.0. The van der Waals surface area contributed by atoms with Crippen molar-refractivity contribution in [2.75, 3.05) is 13.7 Å². The van der Waals surface area contributed by atoms with Crippen LogP contribution < -0.4 is 10.6 Å². The van der Waals surface area contributed by atoms with Gasteiger partial charge in [-0.15, -0.1) is 0 Å². The highest BCUT2D eigenvalue weighted by molar-refractivity contribution is 5.66. The predicted octanol–water partition coefficient (Wildman–Crippen LogP) is 2.57. The number of ether oxygens (including phenoxy) is 1. The highest BCUT2D eigenvalue weighted by atomic mass is 16.5. The fraction of sp³-hybridized carbons (Fsp3) is 0.750. The lowest BCUT2D eigenvalue weighted by atomic mass is 10.1. The Morgan fingerprint density at radius 2 is 2.18 bits per heavy atom. The summed E-state index contributed by atoms with van der Waals surface area (Å²) >= 11 is 0. The number of methoxy groups -OCH3 is 1. The summed E-state index contributed by atoms with van der Waals surface area (Å²) in [5, 5.41) is 11.1. The number of amides is 1. The molecule has 0 spiro atoms. The summed E-state index contributed by atoms with van der Waals surface area (Å²) in [5.74, 6) is 0. The van der Waals surface area contributed by atoms with Gasteiger partial charge in [-0.2, -0.15) is 5.10 Å². The van der Waals surface area contributed by atoms with Gasteiger partial charge in [0.05, 0.1) is 12.8 Å². The summed E-state index contributed by atoms with van der Waals surface area (Å²) in [6.07, 6.45) is 3.95.